The van der Waals surface area contributed by atoms with Crippen LogP contribution >= 0.6 is 11.6 Å². The van der Waals surface area contributed by atoms with Gasteiger partial charge in [-0.1, -0.05) is 59.6 Å². The first-order chi connectivity index (χ1) is 15.0. The summed E-state index contributed by atoms with van der Waals surface area (Å²) in [6, 6.07) is 25.9. The first-order valence-electron chi connectivity index (χ1n) is 10.8. The van der Waals surface area contributed by atoms with Gasteiger partial charge in [-0.15, -0.1) is 0 Å². The van der Waals surface area contributed by atoms with Gasteiger partial charge in [-0.3, -0.25) is 4.90 Å². The van der Waals surface area contributed by atoms with Crippen LogP contribution in [-0.4, -0.2) is 24.5 Å². The Morgan fingerprint density at radius 1 is 0.935 bits per heavy atom. The third kappa shape index (κ3) is 4.61. The van der Waals surface area contributed by atoms with E-state index in [2.05, 4.69) is 91.2 Å². The highest BCUT2D eigenvalue weighted by Crippen LogP contribution is 2.37. The van der Waals surface area contributed by atoms with Gasteiger partial charge in [0.15, 0.2) is 0 Å². The van der Waals surface area contributed by atoms with Gasteiger partial charge in [0.05, 0.1) is 28.4 Å². The molecule has 0 amide bonds. The van der Waals surface area contributed by atoms with Crippen LogP contribution in [0.1, 0.15) is 46.8 Å². The summed E-state index contributed by atoms with van der Waals surface area (Å²) in [4.78, 5) is 4.99. The first kappa shape index (κ1) is 21.4. The van der Waals surface area contributed by atoms with Gasteiger partial charge in [-0.2, -0.15) is 5.26 Å². The van der Waals surface area contributed by atoms with Crippen molar-refractivity contribution >= 4 is 17.3 Å². The Bertz CT molecular complexity index is 1080. The number of anilines is 1. The van der Waals surface area contributed by atoms with Gasteiger partial charge in [-0.05, 0) is 61.7 Å². The van der Waals surface area contributed by atoms with Gasteiger partial charge < -0.3 is 4.90 Å². The predicted molar refractivity (Wildman–Crippen MR) is 129 cm³/mol. The quantitative estimate of drug-likeness (QED) is 0.477. The molecule has 2 atom stereocenters. The maximum Gasteiger partial charge on any atom is 0.0991 e. The molecule has 3 aromatic rings. The normalized spacial score (nSPS) is 17.9. The largest absolute Gasteiger partial charge is 0.361 e. The van der Waals surface area contributed by atoms with Crippen molar-refractivity contribution in [1.82, 2.24) is 4.90 Å². The zero-order valence-corrected chi connectivity index (χ0v) is 19.1. The zero-order chi connectivity index (χ0) is 22.0. The van der Waals surface area contributed by atoms with E-state index >= 15 is 0 Å². The standard InChI is InChI=1S/C27H28ClN3/c1-19-4-9-24(10-5-19)27-18-30(21(3)23-11-7-22(17-29)8-12-23)14-15-31(27)26-13-6-20(2)16-25(26)28/h4-13,16,21,27H,14-15,18H2,1-3H3/t21?,27-/m0/s1. The van der Waals surface area contributed by atoms with Crippen molar-refractivity contribution in [3.8, 4) is 6.07 Å². The smallest absolute Gasteiger partial charge is 0.0991 e. The molecule has 1 aliphatic heterocycles. The highest BCUT2D eigenvalue weighted by atomic mass is 35.5. The number of halogens is 1. The van der Waals surface area contributed by atoms with Gasteiger partial charge in [0, 0.05) is 25.7 Å². The summed E-state index contributed by atoms with van der Waals surface area (Å²) in [6.45, 7) is 9.22. The SMILES string of the molecule is Cc1ccc([C@@H]2CN(C(C)c3ccc(C#N)cc3)CCN2c2ccc(C)cc2Cl)cc1. The average molecular weight is 430 g/mol. The molecule has 0 N–H and O–H groups in total. The molecule has 1 fully saturated rings. The minimum Gasteiger partial charge on any atom is -0.361 e. The van der Waals surface area contributed by atoms with E-state index in [1.807, 2.05) is 12.1 Å². The lowest BCUT2D eigenvalue weighted by Gasteiger charge is -2.45. The average Bonchev–Trinajstić information content (AvgIpc) is 2.79. The summed E-state index contributed by atoms with van der Waals surface area (Å²) in [5.74, 6) is 0. The van der Waals surface area contributed by atoms with E-state index in [-0.39, 0.29) is 12.1 Å². The Labute approximate surface area is 190 Å². The molecule has 0 bridgehead atoms. The molecule has 3 aromatic carbocycles. The second-order valence-corrected chi connectivity index (χ2v) is 8.89. The lowest BCUT2D eigenvalue weighted by molar-refractivity contribution is 0.171. The number of aryl methyl sites for hydroxylation is 2. The predicted octanol–water partition coefficient (Wildman–Crippen LogP) is 6.45. The Hall–Kier alpha value is -2.80. The van der Waals surface area contributed by atoms with E-state index in [0.29, 0.717) is 5.56 Å². The molecule has 31 heavy (non-hydrogen) atoms. The van der Waals surface area contributed by atoms with Crippen LogP contribution in [-0.2, 0) is 0 Å². The number of rotatable bonds is 4. The molecule has 4 heteroatoms. The maximum absolute atomic E-state index is 9.10. The molecule has 3 nitrogen and oxygen atoms in total. The summed E-state index contributed by atoms with van der Waals surface area (Å²) < 4.78 is 0. The highest BCUT2D eigenvalue weighted by Gasteiger charge is 2.32. The molecule has 0 aromatic heterocycles. The number of piperazine rings is 1. The molecule has 0 spiro atoms. The van der Waals surface area contributed by atoms with Gasteiger partial charge in [0.2, 0.25) is 0 Å². The third-order valence-electron chi connectivity index (χ3n) is 6.36. The van der Waals surface area contributed by atoms with Crippen molar-refractivity contribution in [1.29, 1.82) is 5.26 Å². The highest BCUT2D eigenvalue weighted by molar-refractivity contribution is 6.33. The molecule has 0 aliphatic carbocycles. The topological polar surface area (TPSA) is 30.3 Å². The Morgan fingerprint density at radius 3 is 2.26 bits per heavy atom. The van der Waals surface area contributed by atoms with Crippen molar-refractivity contribution in [3.63, 3.8) is 0 Å². The Morgan fingerprint density at radius 2 is 1.61 bits per heavy atom. The maximum atomic E-state index is 9.10. The molecular formula is C27H28ClN3. The van der Waals surface area contributed by atoms with Crippen molar-refractivity contribution in [2.24, 2.45) is 0 Å². The molecule has 1 heterocycles. The van der Waals surface area contributed by atoms with Gasteiger partial charge in [-0.25, -0.2) is 0 Å². The van der Waals surface area contributed by atoms with E-state index < -0.39 is 0 Å². The van der Waals surface area contributed by atoms with Crippen LogP contribution in [0.3, 0.4) is 0 Å². The number of hydrogen-bond donors (Lipinski definition) is 0. The van der Waals surface area contributed by atoms with Crippen molar-refractivity contribution in [3.05, 3.63) is 99.6 Å². The van der Waals surface area contributed by atoms with E-state index in [0.717, 1.165) is 30.3 Å². The summed E-state index contributed by atoms with van der Waals surface area (Å²) in [5.41, 5.74) is 6.79. The molecule has 158 valence electrons. The molecule has 0 saturated carbocycles. The lowest BCUT2D eigenvalue weighted by Crippen LogP contribution is -2.49. The molecule has 4 rings (SSSR count). The van der Waals surface area contributed by atoms with Gasteiger partial charge in [0.1, 0.15) is 0 Å². The summed E-state index contributed by atoms with van der Waals surface area (Å²) >= 11 is 6.68. The fourth-order valence-corrected chi connectivity index (χ4v) is 4.75. The van der Waals surface area contributed by atoms with Crippen LogP contribution in [0.25, 0.3) is 0 Å². The number of hydrogen-bond acceptors (Lipinski definition) is 3. The molecule has 1 saturated heterocycles. The number of benzene rings is 3. The Kier molecular flexibility index (Phi) is 6.32. The fourth-order valence-electron chi connectivity index (χ4n) is 4.41. The molecular weight excluding hydrogens is 402 g/mol. The van der Waals surface area contributed by atoms with Crippen LogP contribution in [0.15, 0.2) is 66.7 Å². The van der Waals surface area contributed by atoms with Crippen molar-refractivity contribution in [2.45, 2.75) is 32.9 Å². The van der Waals surface area contributed by atoms with Crippen LogP contribution in [0.5, 0.6) is 0 Å². The number of nitrogens with zero attached hydrogens (tertiary/aromatic N) is 3. The monoisotopic (exact) mass is 429 g/mol. The van der Waals surface area contributed by atoms with Crippen LogP contribution in [0, 0.1) is 25.2 Å². The third-order valence-corrected chi connectivity index (χ3v) is 6.66. The molecule has 1 aliphatic rings. The van der Waals surface area contributed by atoms with Crippen molar-refractivity contribution in [2.75, 3.05) is 24.5 Å². The van der Waals surface area contributed by atoms with Crippen LogP contribution in [0.2, 0.25) is 5.02 Å². The summed E-state index contributed by atoms with van der Waals surface area (Å²) in [5, 5.41) is 9.91. The van der Waals surface area contributed by atoms with Crippen molar-refractivity contribution < 1.29 is 0 Å². The van der Waals surface area contributed by atoms with Gasteiger partial charge in [0.25, 0.3) is 0 Å². The molecule has 0 radical (unpaired) electrons. The fraction of sp³-hybridized carbons (Fsp3) is 0.296. The Balaban J connectivity index is 1.65. The lowest BCUT2D eigenvalue weighted by atomic mass is 9.97. The van der Waals surface area contributed by atoms with E-state index in [1.165, 1.54) is 22.3 Å². The van der Waals surface area contributed by atoms with Crippen LogP contribution in [0.4, 0.5) is 5.69 Å². The molecule has 1 unspecified atom stereocenters. The zero-order valence-electron chi connectivity index (χ0n) is 18.3. The minimum absolute atomic E-state index is 0.218. The van der Waals surface area contributed by atoms with E-state index in [4.69, 9.17) is 16.9 Å². The number of nitriles is 1. The summed E-state index contributed by atoms with van der Waals surface area (Å²) in [7, 11) is 0. The van der Waals surface area contributed by atoms with Crippen LogP contribution < -0.4 is 4.90 Å². The second-order valence-electron chi connectivity index (χ2n) is 8.48. The van der Waals surface area contributed by atoms with E-state index in [9.17, 15) is 0 Å². The summed E-state index contributed by atoms with van der Waals surface area (Å²) in [6.07, 6.45) is 0. The second kappa shape index (κ2) is 9.14. The first-order valence-corrected chi connectivity index (χ1v) is 11.2. The van der Waals surface area contributed by atoms with E-state index in [1.54, 1.807) is 0 Å². The van der Waals surface area contributed by atoms with Gasteiger partial charge >= 0.3 is 0 Å². The minimum atomic E-state index is 0.218.